The molecular formula is C37H41NO18. The minimum Gasteiger partial charge on any atom is -0.507 e. The van der Waals surface area contributed by atoms with Crippen molar-refractivity contribution < 1.29 is 84.0 Å². The van der Waals surface area contributed by atoms with Crippen LogP contribution in [0.25, 0.3) is 22.3 Å². The topological polar surface area (TPSA) is 319 Å². The van der Waals surface area contributed by atoms with Crippen molar-refractivity contribution in [3.05, 3.63) is 69.6 Å². The fraction of sp³-hybridized carbons (Fsp3) is 0.432. The van der Waals surface area contributed by atoms with Crippen LogP contribution in [0.2, 0.25) is 0 Å². The number of aliphatic carboxylic acids is 1. The summed E-state index contributed by atoms with van der Waals surface area (Å²) in [5.41, 5.74) is 0.670. The maximum atomic E-state index is 13.5. The molecule has 56 heavy (non-hydrogen) atoms. The van der Waals surface area contributed by atoms with Gasteiger partial charge in [-0.05, 0) is 48.6 Å². The molecule has 2 fully saturated rings. The summed E-state index contributed by atoms with van der Waals surface area (Å²) in [7, 11) is 0. The Bertz CT molecular complexity index is 2150. The van der Waals surface area contributed by atoms with E-state index in [4.69, 9.17) is 23.4 Å². The first-order valence-electron chi connectivity index (χ1n) is 17.5. The molecular weight excluding hydrogens is 746 g/mol. The van der Waals surface area contributed by atoms with Gasteiger partial charge in [0.05, 0.1) is 0 Å². The van der Waals surface area contributed by atoms with E-state index in [0.29, 0.717) is 17.9 Å². The van der Waals surface area contributed by atoms with Gasteiger partial charge in [0, 0.05) is 41.6 Å². The van der Waals surface area contributed by atoms with Gasteiger partial charge in [0.25, 0.3) is 0 Å². The number of benzene rings is 2. The number of carbonyl (C=O) groups is 2. The average molecular weight is 788 g/mol. The van der Waals surface area contributed by atoms with Crippen molar-refractivity contribution in [1.82, 2.24) is 4.98 Å². The number of hydrogen-bond donors (Lipinski definition) is 11. The van der Waals surface area contributed by atoms with Crippen LogP contribution in [-0.4, -0.2) is 129 Å². The lowest BCUT2D eigenvalue weighted by molar-refractivity contribution is -0.302. The zero-order chi connectivity index (χ0) is 40.7. The predicted octanol–water partition coefficient (Wildman–Crippen LogP) is -0.294. The lowest BCUT2D eigenvalue weighted by Gasteiger charge is -2.41. The van der Waals surface area contributed by atoms with Crippen LogP contribution in [0.3, 0.4) is 0 Å². The van der Waals surface area contributed by atoms with Crippen LogP contribution in [0.15, 0.2) is 51.8 Å². The van der Waals surface area contributed by atoms with Crippen molar-refractivity contribution in [3.63, 3.8) is 0 Å². The SMILES string of the molecule is CC(C)CCc1cc(Cc2c(O[C@H]3O[C@H](C(=O)O[C@H]4O[C@H](C(=O)O)[C@@H](O)[C@H](O)[C@H]4O)[C@@H](O)[C@H](O)[C@H]3O)cc3oc(-c4ccc(O)c(O)c4)cc(=O)c3c2O)c[nH]1. The van der Waals surface area contributed by atoms with Crippen molar-refractivity contribution in [3.8, 4) is 34.3 Å². The van der Waals surface area contributed by atoms with Crippen LogP contribution in [0.4, 0.5) is 0 Å². The number of aromatic amines is 1. The Kier molecular flexibility index (Phi) is 11.6. The van der Waals surface area contributed by atoms with Crippen LogP contribution in [0.1, 0.15) is 37.1 Å². The van der Waals surface area contributed by atoms with E-state index in [2.05, 4.69) is 18.8 Å². The van der Waals surface area contributed by atoms with Crippen molar-refractivity contribution >= 4 is 22.9 Å². The molecule has 302 valence electrons. The molecule has 6 rings (SSSR count). The highest BCUT2D eigenvalue weighted by atomic mass is 16.7. The van der Waals surface area contributed by atoms with Gasteiger partial charge in [-0.1, -0.05) is 13.8 Å². The van der Waals surface area contributed by atoms with Crippen LogP contribution in [0, 0.1) is 5.92 Å². The highest BCUT2D eigenvalue weighted by Gasteiger charge is 2.52. The number of rotatable bonds is 11. The van der Waals surface area contributed by atoms with Crippen molar-refractivity contribution in [2.45, 2.75) is 94.5 Å². The maximum absolute atomic E-state index is 13.5. The van der Waals surface area contributed by atoms with Gasteiger partial charge < -0.3 is 79.4 Å². The zero-order valence-corrected chi connectivity index (χ0v) is 29.8. The molecule has 19 nitrogen and oxygen atoms in total. The van der Waals surface area contributed by atoms with Gasteiger partial charge in [-0.3, -0.25) is 4.79 Å². The summed E-state index contributed by atoms with van der Waals surface area (Å²) >= 11 is 0. The number of carbonyl (C=O) groups excluding carboxylic acids is 1. The molecule has 2 aromatic heterocycles. The molecule has 0 amide bonds. The third-order valence-corrected chi connectivity index (χ3v) is 9.58. The first-order valence-corrected chi connectivity index (χ1v) is 17.5. The Morgan fingerprint density at radius 3 is 2.14 bits per heavy atom. The summed E-state index contributed by atoms with van der Waals surface area (Å²) in [4.78, 5) is 41.4. The summed E-state index contributed by atoms with van der Waals surface area (Å²) in [5.74, 6) is -4.86. The fourth-order valence-corrected chi connectivity index (χ4v) is 6.40. The van der Waals surface area contributed by atoms with Crippen molar-refractivity contribution in [2.24, 2.45) is 5.92 Å². The molecule has 0 spiro atoms. The van der Waals surface area contributed by atoms with E-state index in [-0.39, 0.29) is 40.0 Å². The van der Waals surface area contributed by atoms with Gasteiger partial charge in [0.1, 0.15) is 64.9 Å². The van der Waals surface area contributed by atoms with Gasteiger partial charge in [-0.25, -0.2) is 9.59 Å². The molecule has 10 atom stereocenters. The average Bonchev–Trinajstić information content (AvgIpc) is 3.60. The summed E-state index contributed by atoms with van der Waals surface area (Å²) in [5, 5.41) is 103. The van der Waals surface area contributed by atoms with E-state index in [1.165, 1.54) is 12.1 Å². The van der Waals surface area contributed by atoms with Gasteiger partial charge in [0.2, 0.25) is 12.6 Å². The van der Waals surface area contributed by atoms with Gasteiger partial charge in [-0.2, -0.15) is 0 Å². The van der Waals surface area contributed by atoms with Gasteiger partial charge in [0.15, 0.2) is 29.1 Å². The molecule has 2 saturated heterocycles. The molecule has 0 bridgehead atoms. The third kappa shape index (κ3) is 8.02. The van der Waals surface area contributed by atoms with Crippen LogP contribution >= 0.6 is 0 Å². The number of phenolic OH excluding ortho intramolecular Hbond substituents is 3. The third-order valence-electron chi connectivity index (χ3n) is 9.58. The number of nitrogens with one attached hydrogen (secondary N) is 1. The second-order valence-electron chi connectivity index (χ2n) is 14.1. The van der Waals surface area contributed by atoms with E-state index < -0.39 is 96.0 Å². The Morgan fingerprint density at radius 2 is 1.48 bits per heavy atom. The fourth-order valence-electron chi connectivity index (χ4n) is 6.40. The number of fused-ring (bicyclic) bond motifs is 1. The summed E-state index contributed by atoms with van der Waals surface area (Å²) in [6, 6.07) is 7.72. The lowest BCUT2D eigenvalue weighted by Crippen LogP contribution is -2.63. The van der Waals surface area contributed by atoms with E-state index in [0.717, 1.165) is 30.3 Å². The zero-order valence-electron chi connectivity index (χ0n) is 29.8. The summed E-state index contributed by atoms with van der Waals surface area (Å²) < 4.78 is 27.4. The van der Waals surface area contributed by atoms with Crippen LogP contribution < -0.4 is 10.2 Å². The molecule has 19 heteroatoms. The number of H-pyrrole nitrogens is 1. The molecule has 0 aliphatic carbocycles. The summed E-state index contributed by atoms with van der Waals surface area (Å²) in [6.45, 7) is 4.14. The number of aryl methyl sites for hydroxylation is 1. The standard InChI is InChI=1S/C37H41NO18/c1-13(2)3-5-16-7-14(12-38-16)8-17-22(11-23-24(25(17)42)20(41)10-21(52-23)15-4-6-18(39)19(40)9-15)53-36-30(47)27(44)29(46)33(55-36)35(51)56-37-31(48)26(43)28(45)32(54-37)34(49)50/h4,6-7,9-13,26-33,36-40,42-48H,3,5,8H2,1-2H3,(H,49,50)/t26-,27-,28-,29-,30+,31+,32-,33-,36-,37+/m0/s1. The maximum Gasteiger partial charge on any atom is 0.340 e. The number of aromatic hydroxyl groups is 3. The molecule has 2 aliphatic heterocycles. The molecule has 4 heterocycles. The Balaban J connectivity index is 1.36. The molecule has 11 N–H and O–H groups in total. The number of aliphatic hydroxyl groups excluding tert-OH is 6. The van der Waals surface area contributed by atoms with Crippen molar-refractivity contribution in [2.75, 3.05) is 0 Å². The Hall–Kier alpha value is -5.25. The largest absolute Gasteiger partial charge is 0.507 e. The van der Waals surface area contributed by atoms with E-state index >= 15 is 0 Å². The number of phenols is 3. The monoisotopic (exact) mass is 787 g/mol. The van der Waals surface area contributed by atoms with Gasteiger partial charge in [-0.15, -0.1) is 0 Å². The molecule has 4 aromatic rings. The Labute approximate surface area is 316 Å². The molecule has 2 aliphatic rings. The molecule has 0 radical (unpaired) electrons. The van der Waals surface area contributed by atoms with Crippen LogP contribution in [-0.2, 0) is 36.6 Å². The second-order valence-corrected chi connectivity index (χ2v) is 14.1. The highest BCUT2D eigenvalue weighted by molar-refractivity contribution is 5.88. The minimum atomic E-state index is -2.21. The highest BCUT2D eigenvalue weighted by Crippen LogP contribution is 2.40. The number of hydrogen-bond acceptors (Lipinski definition) is 17. The van der Waals surface area contributed by atoms with E-state index in [9.17, 15) is 65.4 Å². The van der Waals surface area contributed by atoms with E-state index in [1.807, 2.05) is 6.07 Å². The quantitative estimate of drug-likeness (QED) is 0.0687. The number of aliphatic hydroxyl groups is 6. The normalized spacial score (nSPS) is 28.0. The number of carboxylic acid groups (broad SMARTS) is 1. The second kappa shape index (κ2) is 16.1. The summed E-state index contributed by atoms with van der Waals surface area (Å²) in [6.07, 6.45) is -18.3. The van der Waals surface area contributed by atoms with Crippen molar-refractivity contribution in [1.29, 1.82) is 0 Å². The molecule has 0 unspecified atom stereocenters. The number of carboxylic acids is 1. The first-order chi connectivity index (χ1) is 26.4. The predicted molar refractivity (Wildman–Crippen MR) is 187 cm³/mol. The first kappa shape index (κ1) is 40.4. The molecule has 0 saturated carbocycles. The Morgan fingerprint density at radius 1 is 0.821 bits per heavy atom. The number of ether oxygens (including phenoxy) is 4. The lowest BCUT2D eigenvalue weighted by atomic mass is 9.97. The van der Waals surface area contributed by atoms with E-state index in [1.54, 1.807) is 6.20 Å². The smallest absolute Gasteiger partial charge is 0.340 e. The number of aromatic nitrogens is 1. The van der Waals surface area contributed by atoms with Gasteiger partial charge >= 0.3 is 11.9 Å². The molecule has 2 aromatic carbocycles. The van der Waals surface area contributed by atoms with Crippen LogP contribution in [0.5, 0.6) is 23.0 Å². The number of esters is 1. The minimum absolute atomic E-state index is 0.0317.